The number of amides is 1. The molecule has 0 spiro atoms. The second-order valence-corrected chi connectivity index (χ2v) is 5.91. The number of benzene rings is 1. The Morgan fingerprint density at radius 1 is 1.35 bits per heavy atom. The number of likely N-dealkylation sites (tertiary alicyclic amines) is 1. The van der Waals surface area contributed by atoms with Crippen molar-refractivity contribution in [2.75, 3.05) is 31.9 Å². The summed E-state index contributed by atoms with van der Waals surface area (Å²) in [7, 11) is 0. The minimum Gasteiger partial charge on any atom is -0.399 e. The fourth-order valence-electron chi connectivity index (χ4n) is 2.66. The van der Waals surface area contributed by atoms with Gasteiger partial charge in [0.15, 0.2) is 0 Å². The molecule has 0 radical (unpaired) electrons. The summed E-state index contributed by atoms with van der Waals surface area (Å²) in [5, 5.41) is 2.98. The van der Waals surface area contributed by atoms with Crippen LogP contribution < -0.4 is 11.1 Å². The zero-order valence-corrected chi connectivity index (χ0v) is 12.5. The molecule has 1 aliphatic rings. The Morgan fingerprint density at radius 3 is 2.70 bits per heavy atom. The summed E-state index contributed by atoms with van der Waals surface area (Å²) in [5.41, 5.74) is 8.07. The van der Waals surface area contributed by atoms with Gasteiger partial charge in [-0.05, 0) is 62.5 Å². The number of aryl methyl sites for hydroxylation is 1. The second-order valence-electron chi connectivity index (χ2n) is 5.91. The first-order chi connectivity index (χ1) is 9.54. The molecule has 1 heterocycles. The zero-order chi connectivity index (χ0) is 14.5. The van der Waals surface area contributed by atoms with Crippen molar-refractivity contribution in [1.29, 1.82) is 0 Å². The Kier molecular flexibility index (Phi) is 5.01. The molecule has 20 heavy (non-hydrogen) atoms. The molecule has 1 fully saturated rings. The first kappa shape index (κ1) is 14.9. The average Bonchev–Trinajstić information content (AvgIpc) is 2.40. The molecule has 4 nitrogen and oxygen atoms in total. The van der Waals surface area contributed by atoms with Crippen molar-refractivity contribution in [2.45, 2.75) is 26.7 Å². The number of nitrogens with two attached hydrogens (primary N) is 1. The van der Waals surface area contributed by atoms with E-state index in [0.29, 0.717) is 17.8 Å². The van der Waals surface area contributed by atoms with Gasteiger partial charge in [-0.3, -0.25) is 4.79 Å². The van der Waals surface area contributed by atoms with Gasteiger partial charge in [0.1, 0.15) is 0 Å². The average molecular weight is 275 g/mol. The van der Waals surface area contributed by atoms with Gasteiger partial charge in [0.05, 0.1) is 0 Å². The molecule has 1 aromatic rings. The predicted octanol–water partition coefficient (Wildman–Crippen LogP) is 2.04. The predicted molar refractivity (Wildman–Crippen MR) is 82.8 cm³/mol. The molecule has 0 saturated carbocycles. The summed E-state index contributed by atoms with van der Waals surface area (Å²) in [5.74, 6) is 0.807. The number of rotatable bonds is 4. The molecule has 3 N–H and O–H groups in total. The van der Waals surface area contributed by atoms with Crippen molar-refractivity contribution < 1.29 is 4.79 Å². The molecule has 0 bridgehead atoms. The van der Waals surface area contributed by atoms with Crippen molar-refractivity contribution >= 4 is 11.6 Å². The number of hydrogen-bond acceptors (Lipinski definition) is 3. The normalized spacial score (nSPS) is 17.1. The molecule has 2 rings (SSSR count). The molecule has 1 aliphatic heterocycles. The Bertz CT molecular complexity index is 445. The van der Waals surface area contributed by atoms with Gasteiger partial charge >= 0.3 is 0 Å². The van der Waals surface area contributed by atoms with Crippen LogP contribution in [0.15, 0.2) is 18.2 Å². The molecular formula is C16H25N3O. The first-order valence-electron chi connectivity index (χ1n) is 7.42. The topological polar surface area (TPSA) is 58.4 Å². The van der Waals surface area contributed by atoms with Gasteiger partial charge in [-0.15, -0.1) is 0 Å². The minimum atomic E-state index is -0.0363. The van der Waals surface area contributed by atoms with Gasteiger partial charge < -0.3 is 16.0 Å². The smallest absolute Gasteiger partial charge is 0.251 e. The number of nitrogens with zero attached hydrogens (tertiary/aromatic N) is 1. The van der Waals surface area contributed by atoms with Crippen molar-refractivity contribution in [3.63, 3.8) is 0 Å². The van der Waals surface area contributed by atoms with Crippen LogP contribution in [0.4, 0.5) is 5.69 Å². The summed E-state index contributed by atoms with van der Waals surface area (Å²) in [4.78, 5) is 14.5. The lowest BCUT2D eigenvalue weighted by molar-refractivity contribution is 0.0944. The summed E-state index contributed by atoms with van der Waals surface area (Å²) < 4.78 is 0. The van der Waals surface area contributed by atoms with Gasteiger partial charge in [0, 0.05) is 24.3 Å². The third-order valence-corrected chi connectivity index (χ3v) is 3.95. The maximum Gasteiger partial charge on any atom is 0.251 e. The summed E-state index contributed by atoms with van der Waals surface area (Å²) in [6.45, 7) is 8.17. The van der Waals surface area contributed by atoms with Gasteiger partial charge in [0.2, 0.25) is 0 Å². The monoisotopic (exact) mass is 275 g/mol. The van der Waals surface area contributed by atoms with Crippen molar-refractivity contribution in [3.05, 3.63) is 29.3 Å². The number of nitrogen functional groups attached to an aromatic ring is 1. The SMILES string of the molecule is Cc1cc(N)cc(C(=O)NCCN2CCC(C)CC2)c1. The number of anilines is 1. The van der Waals surface area contributed by atoms with Crippen molar-refractivity contribution in [1.82, 2.24) is 10.2 Å². The van der Waals surface area contributed by atoms with E-state index >= 15 is 0 Å². The first-order valence-corrected chi connectivity index (χ1v) is 7.42. The van der Waals surface area contributed by atoms with E-state index in [0.717, 1.165) is 31.1 Å². The van der Waals surface area contributed by atoms with Crippen LogP contribution in [0.1, 0.15) is 35.7 Å². The van der Waals surface area contributed by atoms with Crippen LogP contribution in [-0.4, -0.2) is 37.0 Å². The van der Waals surface area contributed by atoms with E-state index in [4.69, 9.17) is 5.73 Å². The van der Waals surface area contributed by atoms with Crippen LogP contribution in [-0.2, 0) is 0 Å². The molecule has 0 atom stereocenters. The maximum absolute atomic E-state index is 12.1. The van der Waals surface area contributed by atoms with Crippen LogP contribution in [0, 0.1) is 12.8 Å². The Morgan fingerprint density at radius 2 is 2.05 bits per heavy atom. The van der Waals surface area contributed by atoms with Gasteiger partial charge in [-0.1, -0.05) is 6.92 Å². The molecule has 4 heteroatoms. The van der Waals surface area contributed by atoms with Crippen LogP contribution in [0.5, 0.6) is 0 Å². The Hall–Kier alpha value is -1.55. The number of hydrogen-bond donors (Lipinski definition) is 2. The lowest BCUT2D eigenvalue weighted by atomic mass is 9.99. The number of piperidine rings is 1. The molecular weight excluding hydrogens is 250 g/mol. The quantitative estimate of drug-likeness (QED) is 0.827. The third kappa shape index (κ3) is 4.23. The molecule has 0 unspecified atom stereocenters. The fraction of sp³-hybridized carbons (Fsp3) is 0.562. The van der Waals surface area contributed by atoms with E-state index in [1.54, 1.807) is 6.07 Å². The third-order valence-electron chi connectivity index (χ3n) is 3.95. The summed E-state index contributed by atoms with van der Waals surface area (Å²) >= 11 is 0. The molecule has 0 aromatic heterocycles. The van der Waals surface area contributed by atoms with Crippen LogP contribution in [0.2, 0.25) is 0 Å². The van der Waals surface area contributed by atoms with E-state index < -0.39 is 0 Å². The van der Waals surface area contributed by atoms with Crippen LogP contribution >= 0.6 is 0 Å². The standard InChI is InChI=1S/C16H25N3O/c1-12-3-6-19(7-4-12)8-5-18-16(20)14-9-13(2)10-15(17)11-14/h9-12H,3-8,17H2,1-2H3,(H,18,20). The van der Waals surface area contributed by atoms with Crippen LogP contribution in [0.3, 0.4) is 0 Å². The Balaban J connectivity index is 1.77. The minimum absolute atomic E-state index is 0.0363. The Labute approximate surface area is 121 Å². The highest BCUT2D eigenvalue weighted by Gasteiger charge is 2.15. The molecule has 1 saturated heterocycles. The molecule has 1 aromatic carbocycles. The van der Waals surface area contributed by atoms with E-state index in [1.165, 1.54) is 12.8 Å². The number of nitrogens with one attached hydrogen (secondary N) is 1. The van der Waals surface area contributed by atoms with Crippen molar-refractivity contribution in [2.24, 2.45) is 5.92 Å². The molecule has 110 valence electrons. The van der Waals surface area contributed by atoms with Gasteiger partial charge in [0.25, 0.3) is 5.91 Å². The zero-order valence-electron chi connectivity index (χ0n) is 12.5. The summed E-state index contributed by atoms with van der Waals surface area (Å²) in [6, 6.07) is 5.46. The lowest BCUT2D eigenvalue weighted by Crippen LogP contribution is -2.39. The highest BCUT2D eigenvalue weighted by atomic mass is 16.1. The lowest BCUT2D eigenvalue weighted by Gasteiger charge is -2.30. The highest BCUT2D eigenvalue weighted by Crippen LogP contribution is 2.15. The van der Waals surface area contributed by atoms with E-state index in [9.17, 15) is 4.79 Å². The number of carbonyl (C=O) groups excluding carboxylic acids is 1. The maximum atomic E-state index is 12.1. The van der Waals surface area contributed by atoms with Gasteiger partial charge in [-0.2, -0.15) is 0 Å². The summed E-state index contributed by atoms with van der Waals surface area (Å²) in [6.07, 6.45) is 2.53. The molecule has 0 aliphatic carbocycles. The van der Waals surface area contributed by atoms with Crippen LogP contribution in [0.25, 0.3) is 0 Å². The molecule has 1 amide bonds. The van der Waals surface area contributed by atoms with E-state index in [1.807, 2.05) is 19.1 Å². The van der Waals surface area contributed by atoms with Crippen molar-refractivity contribution in [3.8, 4) is 0 Å². The van der Waals surface area contributed by atoms with E-state index in [2.05, 4.69) is 17.1 Å². The second kappa shape index (κ2) is 6.75. The van der Waals surface area contributed by atoms with Gasteiger partial charge in [-0.25, -0.2) is 0 Å². The fourth-order valence-corrected chi connectivity index (χ4v) is 2.66. The largest absolute Gasteiger partial charge is 0.399 e. The van der Waals surface area contributed by atoms with E-state index in [-0.39, 0.29) is 5.91 Å². The number of carbonyl (C=O) groups is 1. The highest BCUT2D eigenvalue weighted by molar-refractivity contribution is 5.95.